The maximum Gasteiger partial charge on any atom is 0.272 e. The lowest BCUT2D eigenvalue weighted by molar-refractivity contribution is -0.115. The number of carbonyl (C=O) groups is 1. The number of amides is 1. The molecule has 5 heteroatoms. The van der Waals surface area contributed by atoms with Crippen LogP contribution in [0.2, 0.25) is 0 Å². The van der Waals surface area contributed by atoms with Gasteiger partial charge < -0.3 is 10.1 Å². The van der Waals surface area contributed by atoms with Gasteiger partial charge in [-0.25, -0.2) is 4.99 Å². The average molecular weight is 226 g/mol. The number of aliphatic imine (C=N–C) groups is 1. The highest BCUT2D eigenvalue weighted by Gasteiger charge is 2.42. The molecule has 0 saturated carbocycles. The summed E-state index contributed by atoms with van der Waals surface area (Å²) in [5.74, 6) is -0.139. The van der Waals surface area contributed by atoms with Crippen molar-refractivity contribution >= 4 is 24.9 Å². The predicted molar refractivity (Wildman–Crippen MR) is 64.7 cm³/mol. The van der Waals surface area contributed by atoms with Gasteiger partial charge >= 0.3 is 0 Å². The molecule has 1 amide bonds. The summed E-state index contributed by atoms with van der Waals surface area (Å²) >= 11 is 0. The van der Waals surface area contributed by atoms with E-state index in [0.29, 0.717) is 24.4 Å². The Hall–Kier alpha value is -1.62. The van der Waals surface area contributed by atoms with E-state index in [-0.39, 0.29) is 5.91 Å². The topological polar surface area (TPSA) is 50.7 Å². The van der Waals surface area contributed by atoms with Gasteiger partial charge in [-0.2, -0.15) is 0 Å². The maximum absolute atomic E-state index is 11.9. The summed E-state index contributed by atoms with van der Waals surface area (Å²) in [6, 6.07) is 7.15. The van der Waals surface area contributed by atoms with Gasteiger partial charge in [-0.05, 0) is 0 Å². The molecule has 0 bridgehead atoms. The van der Waals surface area contributed by atoms with E-state index < -0.39 is 5.66 Å². The minimum atomic E-state index is -0.534. The monoisotopic (exact) mass is 226 g/mol. The van der Waals surface area contributed by atoms with E-state index in [4.69, 9.17) is 12.6 Å². The molecule has 1 fully saturated rings. The number of rotatable bonds is 1. The molecule has 4 nitrogen and oxygen atoms in total. The van der Waals surface area contributed by atoms with Gasteiger partial charge in [0.15, 0.2) is 5.66 Å². The largest absolute Gasteiger partial charge is 0.377 e. The first-order chi connectivity index (χ1) is 8.19. The molecule has 0 aliphatic carbocycles. The molecule has 2 radical (unpaired) electrons. The van der Waals surface area contributed by atoms with E-state index in [9.17, 15) is 4.79 Å². The molecule has 1 aromatic carbocycles. The van der Waals surface area contributed by atoms with Gasteiger partial charge in [-0.15, -0.1) is 0 Å². The molecule has 1 spiro atoms. The van der Waals surface area contributed by atoms with Gasteiger partial charge in [0.2, 0.25) is 0 Å². The van der Waals surface area contributed by atoms with Crippen LogP contribution in [-0.2, 0) is 9.53 Å². The van der Waals surface area contributed by atoms with Crippen LogP contribution in [0.3, 0.4) is 0 Å². The van der Waals surface area contributed by atoms with Crippen molar-refractivity contribution in [1.82, 2.24) is 5.32 Å². The zero-order valence-corrected chi connectivity index (χ0v) is 9.27. The third-order valence-electron chi connectivity index (χ3n) is 3.07. The molecular weight excluding hydrogens is 215 g/mol. The number of nitrogens with one attached hydrogen (secondary N) is 1. The lowest BCUT2D eigenvalue weighted by atomic mass is 9.94. The van der Waals surface area contributed by atoms with E-state index in [1.165, 1.54) is 0 Å². The van der Waals surface area contributed by atoms with E-state index in [2.05, 4.69) is 10.3 Å². The summed E-state index contributed by atoms with van der Waals surface area (Å²) in [4.78, 5) is 16.4. The third kappa shape index (κ3) is 1.76. The van der Waals surface area contributed by atoms with E-state index in [0.717, 1.165) is 12.0 Å². The minimum Gasteiger partial charge on any atom is -0.377 e. The Kier molecular flexibility index (Phi) is 2.29. The van der Waals surface area contributed by atoms with Crippen molar-refractivity contribution in [2.45, 2.75) is 12.1 Å². The second kappa shape index (κ2) is 3.70. The minimum absolute atomic E-state index is 0.139. The Labute approximate surface area is 100 Å². The Morgan fingerprint density at radius 2 is 2.12 bits per heavy atom. The fourth-order valence-electron chi connectivity index (χ4n) is 2.14. The number of hydrogen-bond acceptors (Lipinski definition) is 3. The molecule has 2 heterocycles. The van der Waals surface area contributed by atoms with Crippen LogP contribution in [-0.4, -0.2) is 38.3 Å². The summed E-state index contributed by atoms with van der Waals surface area (Å²) < 4.78 is 5.29. The predicted octanol–water partition coefficient (Wildman–Crippen LogP) is -0.484. The highest BCUT2D eigenvalue weighted by atomic mass is 16.5. The molecule has 2 aliphatic heterocycles. The van der Waals surface area contributed by atoms with Crippen LogP contribution in [0.5, 0.6) is 0 Å². The number of benzene rings is 1. The van der Waals surface area contributed by atoms with Gasteiger partial charge in [0.05, 0.1) is 13.2 Å². The molecule has 2 aliphatic rings. The van der Waals surface area contributed by atoms with E-state index >= 15 is 0 Å². The van der Waals surface area contributed by atoms with Crippen molar-refractivity contribution in [3.8, 4) is 0 Å². The third-order valence-corrected chi connectivity index (χ3v) is 3.07. The standard InChI is InChI=1S/C12H11BN2O2/c13-9-3-1-8(2-4-9)10-11(16)15-12(14-10)5-6-17-7-12/h1-4H,5-7H2,(H,15,16). The first-order valence-electron chi connectivity index (χ1n) is 5.55. The molecule has 1 N–H and O–H groups in total. The maximum atomic E-state index is 11.9. The van der Waals surface area contributed by atoms with Crippen LogP contribution in [0, 0.1) is 0 Å². The van der Waals surface area contributed by atoms with Crippen molar-refractivity contribution in [2.75, 3.05) is 13.2 Å². The molecular formula is C12H11BN2O2. The summed E-state index contributed by atoms with van der Waals surface area (Å²) in [5.41, 5.74) is 1.40. The molecule has 1 atom stereocenters. The lowest BCUT2D eigenvalue weighted by Crippen LogP contribution is -2.42. The summed E-state index contributed by atoms with van der Waals surface area (Å²) in [5, 5.41) is 2.89. The fourth-order valence-corrected chi connectivity index (χ4v) is 2.14. The molecule has 84 valence electrons. The lowest BCUT2D eigenvalue weighted by Gasteiger charge is -2.16. The quantitative estimate of drug-likeness (QED) is 0.657. The summed E-state index contributed by atoms with van der Waals surface area (Å²) in [7, 11) is 5.62. The van der Waals surface area contributed by atoms with Crippen molar-refractivity contribution < 1.29 is 9.53 Å². The number of ether oxygens (including phenoxy) is 1. The SMILES string of the molecule is [B]c1ccc(C2=NC3(CCOC3)NC2=O)cc1. The molecule has 1 unspecified atom stereocenters. The summed E-state index contributed by atoms with van der Waals surface area (Å²) in [6.45, 7) is 1.09. The molecule has 0 aromatic heterocycles. The van der Waals surface area contributed by atoms with Gasteiger partial charge in [-0.1, -0.05) is 29.7 Å². The van der Waals surface area contributed by atoms with E-state index in [1.807, 2.05) is 12.1 Å². The molecule has 1 aromatic rings. The fraction of sp³-hybridized carbons (Fsp3) is 0.333. The Balaban J connectivity index is 1.97. The van der Waals surface area contributed by atoms with Crippen molar-refractivity contribution in [3.05, 3.63) is 29.8 Å². The normalized spacial score (nSPS) is 27.3. The Morgan fingerprint density at radius 3 is 2.76 bits per heavy atom. The second-order valence-electron chi connectivity index (χ2n) is 4.37. The second-order valence-corrected chi connectivity index (χ2v) is 4.37. The highest BCUT2D eigenvalue weighted by Crippen LogP contribution is 2.25. The Morgan fingerprint density at radius 1 is 1.35 bits per heavy atom. The van der Waals surface area contributed by atoms with Crippen molar-refractivity contribution in [3.63, 3.8) is 0 Å². The first-order valence-corrected chi connectivity index (χ1v) is 5.55. The summed E-state index contributed by atoms with van der Waals surface area (Å²) in [6.07, 6.45) is 0.733. The number of nitrogens with zero attached hydrogens (tertiary/aromatic N) is 1. The van der Waals surface area contributed by atoms with Crippen LogP contribution < -0.4 is 10.8 Å². The highest BCUT2D eigenvalue weighted by molar-refractivity contribution is 6.47. The van der Waals surface area contributed by atoms with Gasteiger partial charge in [-0.3, -0.25) is 4.79 Å². The van der Waals surface area contributed by atoms with Gasteiger partial charge in [0.1, 0.15) is 13.6 Å². The molecule has 1 saturated heterocycles. The Bertz CT molecular complexity index is 490. The van der Waals surface area contributed by atoms with Gasteiger partial charge in [0.25, 0.3) is 5.91 Å². The molecule has 3 rings (SSSR count). The molecule has 17 heavy (non-hydrogen) atoms. The number of carbonyl (C=O) groups excluding carboxylic acids is 1. The van der Waals surface area contributed by atoms with Crippen molar-refractivity contribution in [1.29, 1.82) is 0 Å². The zero-order valence-electron chi connectivity index (χ0n) is 9.27. The van der Waals surface area contributed by atoms with Crippen LogP contribution in [0.15, 0.2) is 29.3 Å². The van der Waals surface area contributed by atoms with Crippen molar-refractivity contribution in [2.24, 2.45) is 4.99 Å². The van der Waals surface area contributed by atoms with Crippen LogP contribution in [0.4, 0.5) is 0 Å². The zero-order chi connectivity index (χ0) is 11.9. The van der Waals surface area contributed by atoms with Gasteiger partial charge in [0, 0.05) is 12.0 Å². The van der Waals surface area contributed by atoms with E-state index in [1.54, 1.807) is 12.1 Å². The number of hydrogen-bond donors (Lipinski definition) is 1. The van der Waals surface area contributed by atoms with Crippen LogP contribution in [0.25, 0.3) is 0 Å². The smallest absolute Gasteiger partial charge is 0.272 e. The average Bonchev–Trinajstić information content (AvgIpc) is 2.88. The van der Waals surface area contributed by atoms with Crippen LogP contribution >= 0.6 is 0 Å². The first kappa shape index (κ1) is 10.5. The van der Waals surface area contributed by atoms with Crippen LogP contribution in [0.1, 0.15) is 12.0 Å².